The van der Waals surface area contributed by atoms with Crippen LogP contribution in [0.1, 0.15) is 51.9 Å². The maximum atomic E-state index is 11.9. The molecule has 1 heterocycles. The van der Waals surface area contributed by atoms with Crippen LogP contribution in [0, 0.1) is 0 Å². The maximum absolute atomic E-state index is 11.9. The number of cyclic esters (lactones) is 1. The van der Waals surface area contributed by atoms with E-state index in [0.717, 1.165) is 32.8 Å². The van der Waals surface area contributed by atoms with Crippen LogP contribution >= 0.6 is 0 Å². The predicted octanol–water partition coefficient (Wildman–Crippen LogP) is 2.22. The van der Waals surface area contributed by atoms with Gasteiger partial charge in [-0.15, -0.1) is 0 Å². The van der Waals surface area contributed by atoms with E-state index in [9.17, 15) is 19.5 Å². The highest BCUT2D eigenvalue weighted by atomic mass is 16.6. The lowest BCUT2D eigenvalue weighted by molar-refractivity contribution is -0.168. The Balaban J connectivity index is 2.61. The first-order valence-electron chi connectivity index (χ1n) is 7.25. The number of rotatable bonds is 7. The number of hydrogen-bond acceptors (Lipinski definition) is 6. The van der Waals surface area contributed by atoms with Gasteiger partial charge in [0.1, 0.15) is 11.3 Å². The molecule has 0 radical (unpaired) electrons. The Labute approximate surface area is 124 Å². The molecule has 0 aromatic carbocycles. The summed E-state index contributed by atoms with van der Waals surface area (Å²) in [6.07, 6.45) is 3.70. The fourth-order valence-electron chi connectivity index (χ4n) is 2.18. The van der Waals surface area contributed by atoms with Crippen molar-refractivity contribution in [2.75, 3.05) is 7.11 Å². The molecule has 1 fully saturated rings. The van der Waals surface area contributed by atoms with E-state index in [1.807, 2.05) is 0 Å². The summed E-state index contributed by atoms with van der Waals surface area (Å²) in [5.41, 5.74) is -0.328. The van der Waals surface area contributed by atoms with Crippen LogP contribution in [0.4, 0.5) is 0 Å². The Morgan fingerprint density at radius 2 is 1.95 bits per heavy atom. The molecule has 1 saturated heterocycles. The lowest BCUT2D eigenvalue weighted by Gasteiger charge is -2.21. The van der Waals surface area contributed by atoms with Gasteiger partial charge in [-0.1, -0.05) is 32.6 Å². The van der Waals surface area contributed by atoms with Crippen molar-refractivity contribution in [1.29, 1.82) is 0 Å². The van der Waals surface area contributed by atoms with Crippen molar-refractivity contribution in [1.82, 2.24) is 0 Å². The van der Waals surface area contributed by atoms with E-state index in [1.165, 1.54) is 0 Å². The number of unbranched alkanes of at least 4 members (excludes halogenated alkanes) is 4. The standard InChI is InChI=1S/C15H22O6/c1-3-4-5-6-7-8-10(16)13-11(17)9-12(14(18)20-2)21-15(13)19/h12,16H,3-9H2,1-2H3. The number of methoxy groups -OCH3 is 1. The van der Waals surface area contributed by atoms with E-state index in [-0.39, 0.29) is 24.2 Å². The molecular weight excluding hydrogens is 276 g/mol. The van der Waals surface area contributed by atoms with Crippen molar-refractivity contribution >= 4 is 17.7 Å². The first-order valence-corrected chi connectivity index (χ1v) is 7.25. The van der Waals surface area contributed by atoms with E-state index in [2.05, 4.69) is 11.7 Å². The number of allylic oxidation sites excluding steroid dienone is 1. The lowest BCUT2D eigenvalue weighted by Crippen LogP contribution is -2.38. The van der Waals surface area contributed by atoms with Crippen LogP contribution in [0.2, 0.25) is 0 Å². The maximum Gasteiger partial charge on any atom is 0.347 e. The number of ketones is 1. The summed E-state index contributed by atoms with van der Waals surface area (Å²) in [5, 5.41) is 9.90. The minimum absolute atomic E-state index is 0.246. The molecular formula is C15H22O6. The zero-order valence-electron chi connectivity index (χ0n) is 12.5. The number of hydrogen-bond donors (Lipinski definition) is 1. The second-order valence-corrected chi connectivity index (χ2v) is 5.03. The summed E-state index contributed by atoms with van der Waals surface area (Å²) in [4.78, 5) is 34.9. The molecule has 6 heteroatoms. The van der Waals surface area contributed by atoms with Crippen LogP contribution in [0.5, 0.6) is 0 Å². The topological polar surface area (TPSA) is 89.9 Å². The Morgan fingerprint density at radius 3 is 2.52 bits per heavy atom. The molecule has 1 unspecified atom stereocenters. The van der Waals surface area contributed by atoms with Crippen molar-refractivity contribution in [3.8, 4) is 0 Å². The molecule has 0 spiro atoms. The van der Waals surface area contributed by atoms with Gasteiger partial charge in [0.2, 0.25) is 6.10 Å². The minimum Gasteiger partial charge on any atom is -0.511 e. The molecule has 118 valence electrons. The van der Waals surface area contributed by atoms with Crippen LogP contribution in [0.25, 0.3) is 0 Å². The Kier molecular flexibility index (Phi) is 6.91. The van der Waals surface area contributed by atoms with Gasteiger partial charge in [0.05, 0.1) is 13.5 Å². The van der Waals surface area contributed by atoms with E-state index in [1.54, 1.807) is 0 Å². The fraction of sp³-hybridized carbons (Fsp3) is 0.667. The SMILES string of the molecule is CCCCCCCC(O)=C1C(=O)CC(C(=O)OC)OC1=O. The van der Waals surface area contributed by atoms with Gasteiger partial charge in [0.25, 0.3) is 0 Å². The van der Waals surface area contributed by atoms with Gasteiger partial charge in [-0.2, -0.15) is 0 Å². The monoisotopic (exact) mass is 298 g/mol. The molecule has 6 nitrogen and oxygen atoms in total. The van der Waals surface area contributed by atoms with E-state index >= 15 is 0 Å². The third-order valence-electron chi connectivity index (χ3n) is 3.37. The van der Waals surface area contributed by atoms with Gasteiger partial charge in [0.15, 0.2) is 5.78 Å². The van der Waals surface area contributed by atoms with Crippen LogP contribution in [0.3, 0.4) is 0 Å². The summed E-state index contributed by atoms with van der Waals surface area (Å²) in [6.45, 7) is 2.11. The average molecular weight is 298 g/mol. The lowest BCUT2D eigenvalue weighted by atomic mass is 9.98. The van der Waals surface area contributed by atoms with Crippen molar-refractivity contribution in [3.63, 3.8) is 0 Å². The molecule has 0 bridgehead atoms. The molecule has 0 saturated carbocycles. The fourth-order valence-corrected chi connectivity index (χ4v) is 2.18. The van der Waals surface area contributed by atoms with Crippen molar-refractivity contribution in [3.05, 3.63) is 11.3 Å². The van der Waals surface area contributed by atoms with E-state index in [0.29, 0.717) is 6.42 Å². The minimum atomic E-state index is -1.21. The Bertz CT molecular complexity index is 417. The van der Waals surface area contributed by atoms with Crippen molar-refractivity contribution in [2.45, 2.75) is 58.0 Å². The summed E-state index contributed by atoms with van der Waals surface area (Å²) < 4.78 is 9.27. The largest absolute Gasteiger partial charge is 0.511 e. The van der Waals surface area contributed by atoms with Crippen molar-refractivity contribution in [2.24, 2.45) is 0 Å². The highest BCUT2D eigenvalue weighted by Gasteiger charge is 2.38. The Morgan fingerprint density at radius 1 is 1.29 bits per heavy atom. The summed E-state index contributed by atoms with van der Waals surface area (Å²) in [5.74, 6) is -2.54. The van der Waals surface area contributed by atoms with Crippen LogP contribution < -0.4 is 0 Å². The molecule has 1 atom stereocenters. The third-order valence-corrected chi connectivity index (χ3v) is 3.37. The molecule has 21 heavy (non-hydrogen) atoms. The van der Waals surface area contributed by atoms with Gasteiger partial charge in [-0.3, -0.25) is 4.79 Å². The Hall–Kier alpha value is -1.85. The van der Waals surface area contributed by atoms with Crippen LogP contribution in [0.15, 0.2) is 11.3 Å². The van der Waals surface area contributed by atoms with Gasteiger partial charge < -0.3 is 14.6 Å². The van der Waals surface area contributed by atoms with E-state index in [4.69, 9.17) is 4.74 Å². The second-order valence-electron chi connectivity index (χ2n) is 5.03. The summed E-state index contributed by atoms with van der Waals surface area (Å²) in [6, 6.07) is 0. The van der Waals surface area contributed by atoms with Gasteiger partial charge >= 0.3 is 11.9 Å². The molecule has 0 aromatic heterocycles. The zero-order chi connectivity index (χ0) is 15.8. The van der Waals surface area contributed by atoms with Gasteiger partial charge in [0, 0.05) is 6.42 Å². The smallest absolute Gasteiger partial charge is 0.347 e. The van der Waals surface area contributed by atoms with Crippen LogP contribution in [-0.2, 0) is 23.9 Å². The molecule has 0 amide bonds. The quantitative estimate of drug-likeness (QED) is 0.255. The van der Waals surface area contributed by atoms with Crippen molar-refractivity contribution < 1.29 is 29.0 Å². The molecule has 0 aromatic rings. The number of esters is 2. The summed E-state index contributed by atoms with van der Waals surface area (Å²) in [7, 11) is 1.15. The number of aliphatic hydroxyl groups excluding tert-OH is 1. The number of carbonyl (C=O) groups excluding carboxylic acids is 3. The molecule has 1 aliphatic heterocycles. The highest BCUT2D eigenvalue weighted by molar-refractivity contribution is 6.20. The second kappa shape index (κ2) is 8.44. The first kappa shape index (κ1) is 17.2. The highest BCUT2D eigenvalue weighted by Crippen LogP contribution is 2.22. The molecule has 1 N–H and O–H groups in total. The van der Waals surface area contributed by atoms with Crippen LogP contribution in [-0.4, -0.2) is 36.0 Å². The average Bonchev–Trinajstić information content (AvgIpc) is 2.45. The zero-order valence-corrected chi connectivity index (χ0v) is 12.5. The predicted molar refractivity (Wildman–Crippen MR) is 74.6 cm³/mol. The molecule has 0 aliphatic carbocycles. The molecule has 1 rings (SSSR count). The summed E-state index contributed by atoms with van der Waals surface area (Å²) >= 11 is 0. The molecule has 1 aliphatic rings. The van der Waals surface area contributed by atoms with Gasteiger partial charge in [-0.05, 0) is 6.42 Å². The third kappa shape index (κ3) is 4.88. The number of ether oxygens (including phenoxy) is 2. The van der Waals surface area contributed by atoms with E-state index < -0.39 is 23.8 Å². The number of aliphatic hydroxyl groups is 1. The number of Topliss-reactive ketones (excluding diaryl/α,β-unsaturated/α-hetero) is 1. The first-order chi connectivity index (χ1) is 10.0. The number of carbonyl (C=O) groups is 3. The normalized spacial score (nSPS) is 21.0. The van der Waals surface area contributed by atoms with Gasteiger partial charge in [-0.25, -0.2) is 9.59 Å².